The predicted molar refractivity (Wildman–Crippen MR) is 75.9 cm³/mol. The molecule has 0 radical (unpaired) electrons. The lowest BCUT2D eigenvalue weighted by molar-refractivity contribution is 0.580. The van der Waals surface area contributed by atoms with Crippen LogP contribution in [-0.4, -0.2) is 13.4 Å². The van der Waals surface area contributed by atoms with Crippen LogP contribution in [0.3, 0.4) is 0 Å². The maximum Gasteiger partial charge on any atom is 0.304 e. The topological polar surface area (TPSA) is 105 Å². The van der Waals surface area contributed by atoms with Crippen LogP contribution < -0.4 is 15.3 Å². The van der Waals surface area contributed by atoms with E-state index in [1.807, 2.05) is 0 Å². The zero-order valence-corrected chi connectivity index (χ0v) is 12.5. The molecule has 0 atom stereocenters. The first kappa shape index (κ1) is 14.4. The van der Waals surface area contributed by atoms with Gasteiger partial charge in [0.2, 0.25) is 10.0 Å². The summed E-state index contributed by atoms with van der Waals surface area (Å²) in [7, 11) is -3.58. The molecule has 0 aliphatic carbocycles. The van der Waals surface area contributed by atoms with E-state index in [9.17, 15) is 13.2 Å². The van der Waals surface area contributed by atoms with Crippen LogP contribution in [0.15, 0.2) is 21.1 Å². The van der Waals surface area contributed by atoms with Crippen LogP contribution in [0.4, 0.5) is 0 Å². The minimum Gasteiger partial charge on any atom is -0.326 e. The van der Waals surface area contributed by atoms with Crippen molar-refractivity contribution in [2.75, 3.05) is 0 Å². The van der Waals surface area contributed by atoms with Crippen molar-refractivity contribution < 1.29 is 8.42 Å². The van der Waals surface area contributed by atoms with Gasteiger partial charge in [0.25, 0.3) is 0 Å². The number of hydrogen-bond acceptors (Lipinski definition) is 6. The summed E-state index contributed by atoms with van der Waals surface area (Å²) in [6.07, 6.45) is 0. The highest BCUT2D eigenvalue weighted by molar-refractivity contribution is 7.89. The summed E-state index contributed by atoms with van der Waals surface area (Å²) in [6.45, 7) is 2.12. The van der Waals surface area contributed by atoms with E-state index in [2.05, 4.69) is 9.71 Å². The van der Waals surface area contributed by atoms with E-state index in [-0.39, 0.29) is 16.3 Å². The first-order valence-corrected chi connectivity index (χ1v) is 8.56. The van der Waals surface area contributed by atoms with Crippen LogP contribution in [-0.2, 0) is 23.1 Å². The Morgan fingerprint density at radius 1 is 1.47 bits per heavy atom. The number of aryl methyl sites for hydroxylation is 1. The van der Waals surface area contributed by atoms with Gasteiger partial charge in [-0.25, -0.2) is 13.1 Å². The number of rotatable bonds is 5. The molecule has 104 valence electrons. The van der Waals surface area contributed by atoms with Gasteiger partial charge in [-0.15, -0.1) is 11.3 Å². The fourth-order valence-corrected chi connectivity index (χ4v) is 4.64. The van der Waals surface area contributed by atoms with Crippen LogP contribution in [0.5, 0.6) is 0 Å². The second kappa shape index (κ2) is 5.55. The monoisotopic (exact) mass is 319 g/mol. The summed E-state index contributed by atoms with van der Waals surface area (Å²) in [4.78, 5) is 15.1. The Morgan fingerprint density at radius 3 is 2.74 bits per heavy atom. The second-order valence-corrected chi connectivity index (χ2v) is 7.75. The van der Waals surface area contributed by atoms with Crippen molar-refractivity contribution >= 4 is 32.7 Å². The Kier molecular flexibility index (Phi) is 4.21. The van der Waals surface area contributed by atoms with Gasteiger partial charge < -0.3 is 10.7 Å². The first-order chi connectivity index (χ1) is 8.92. The van der Waals surface area contributed by atoms with E-state index >= 15 is 0 Å². The van der Waals surface area contributed by atoms with E-state index in [0.717, 1.165) is 16.2 Å². The lowest BCUT2D eigenvalue weighted by Crippen LogP contribution is -2.23. The largest absolute Gasteiger partial charge is 0.326 e. The Balaban J connectivity index is 2.18. The molecule has 19 heavy (non-hydrogen) atoms. The zero-order chi connectivity index (χ0) is 14.0. The molecule has 0 aliphatic heterocycles. The lowest BCUT2D eigenvalue weighted by atomic mass is 10.4. The van der Waals surface area contributed by atoms with Crippen molar-refractivity contribution in [3.8, 4) is 0 Å². The van der Waals surface area contributed by atoms with E-state index in [1.165, 1.54) is 11.3 Å². The molecule has 0 bridgehead atoms. The van der Waals surface area contributed by atoms with Crippen molar-refractivity contribution in [2.24, 2.45) is 5.73 Å². The van der Waals surface area contributed by atoms with Gasteiger partial charge in [-0.05, 0) is 13.0 Å². The van der Waals surface area contributed by atoms with Gasteiger partial charge in [-0.1, -0.05) is 11.3 Å². The van der Waals surface area contributed by atoms with E-state index in [4.69, 9.17) is 5.73 Å². The number of aromatic nitrogens is 1. The summed E-state index contributed by atoms with van der Waals surface area (Å²) in [5, 5.41) is 1.59. The number of sulfonamides is 1. The summed E-state index contributed by atoms with van der Waals surface area (Å²) in [5.74, 6) is 0. The minimum absolute atomic E-state index is 0.0638. The van der Waals surface area contributed by atoms with Crippen LogP contribution in [0.25, 0.3) is 0 Å². The normalized spacial score (nSPS) is 11.9. The Hall–Kier alpha value is -1.00. The molecule has 0 amide bonds. The molecule has 0 fully saturated rings. The number of nitrogens with one attached hydrogen (secondary N) is 2. The van der Waals surface area contributed by atoms with E-state index < -0.39 is 10.0 Å². The average Bonchev–Trinajstić information content (AvgIpc) is 2.93. The highest BCUT2D eigenvalue weighted by atomic mass is 32.2. The molecule has 2 rings (SSSR count). The highest BCUT2D eigenvalue weighted by Gasteiger charge is 2.19. The molecular weight excluding hydrogens is 306 g/mol. The van der Waals surface area contributed by atoms with Crippen LogP contribution >= 0.6 is 22.7 Å². The smallest absolute Gasteiger partial charge is 0.304 e. The third-order valence-electron chi connectivity index (χ3n) is 2.44. The van der Waals surface area contributed by atoms with Gasteiger partial charge >= 0.3 is 4.87 Å². The van der Waals surface area contributed by atoms with Gasteiger partial charge in [0.15, 0.2) is 0 Å². The highest BCUT2D eigenvalue weighted by Crippen LogP contribution is 2.25. The minimum atomic E-state index is -3.58. The summed E-state index contributed by atoms with van der Waals surface area (Å²) in [5.41, 5.74) is 6.05. The lowest BCUT2D eigenvalue weighted by Gasteiger charge is -2.04. The third-order valence-corrected chi connectivity index (χ3v) is 5.89. The molecule has 0 unspecified atom stereocenters. The molecule has 2 aromatic rings. The molecule has 2 heterocycles. The predicted octanol–water partition coefficient (Wildman–Crippen LogP) is 0.744. The van der Waals surface area contributed by atoms with E-state index in [0.29, 0.717) is 17.1 Å². The van der Waals surface area contributed by atoms with Gasteiger partial charge in [-0.3, -0.25) is 4.79 Å². The van der Waals surface area contributed by atoms with Crippen LogP contribution in [0.1, 0.15) is 15.4 Å². The third kappa shape index (κ3) is 3.31. The number of thiophene rings is 1. The Bertz CT molecular complexity index is 727. The standard InChI is InChI=1S/C10H13N3O3S3/c1-6-9(2-8(3-11)18-6)19(15,16)12-4-7-5-17-10(14)13-7/h2,5,12H,3-4,11H2,1H3,(H,13,14). The van der Waals surface area contributed by atoms with Gasteiger partial charge in [0.05, 0.1) is 11.4 Å². The average molecular weight is 319 g/mol. The summed E-state index contributed by atoms with van der Waals surface area (Å²) < 4.78 is 26.7. The number of thiazole rings is 1. The fraction of sp³-hybridized carbons (Fsp3) is 0.300. The maximum atomic E-state index is 12.1. The molecule has 4 N–H and O–H groups in total. The Morgan fingerprint density at radius 2 is 2.21 bits per heavy atom. The maximum absolute atomic E-state index is 12.1. The number of nitrogens with two attached hydrogens (primary N) is 1. The molecule has 9 heteroatoms. The SMILES string of the molecule is Cc1sc(CN)cc1S(=O)(=O)NCc1csc(=O)[nH]1. The molecule has 0 aliphatic rings. The van der Waals surface area contributed by atoms with Gasteiger partial charge in [0, 0.05) is 27.4 Å². The molecule has 0 saturated carbocycles. The van der Waals surface area contributed by atoms with Crippen LogP contribution in [0.2, 0.25) is 0 Å². The second-order valence-electron chi connectivity index (χ2n) is 3.84. The van der Waals surface area contributed by atoms with Crippen molar-refractivity contribution in [1.29, 1.82) is 0 Å². The number of hydrogen-bond donors (Lipinski definition) is 3. The van der Waals surface area contributed by atoms with Crippen molar-refractivity contribution in [3.05, 3.63) is 36.6 Å². The molecule has 0 saturated heterocycles. The summed E-state index contributed by atoms with van der Waals surface area (Å²) in [6, 6.07) is 1.58. The molecule has 0 spiro atoms. The molecule has 0 aromatic carbocycles. The fourth-order valence-electron chi connectivity index (χ4n) is 1.54. The van der Waals surface area contributed by atoms with Crippen LogP contribution in [0, 0.1) is 6.92 Å². The number of aromatic amines is 1. The molecule has 6 nitrogen and oxygen atoms in total. The summed E-state index contributed by atoms with van der Waals surface area (Å²) >= 11 is 2.37. The van der Waals surface area contributed by atoms with Gasteiger partial charge in [0.1, 0.15) is 0 Å². The number of H-pyrrole nitrogens is 1. The Labute approximate surface area is 118 Å². The van der Waals surface area contributed by atoms with Crippen molar-refractivity contribution in [2.45, 2.75) is 24.9 Å². The van der Waals surface area contributed by atoms with Crippen molar-refractivity contribution in [3.63, 3.8) is 0 Å². The molecular formula is C10H13N3O3S3. The quantitative estimate of drug-likeness (QED) is 0.756. The van der Waals surface area contributed by atoms with Crippen molar-refractivity contribution in [1.82, 2.24) is 9.71 Å². The molecule has 2 aromatic heterocycles. The van der Waals surface area contributed by atoms with Gasteiger partial charge in [-0.2, -0.15) is 0 Å². The first-order valence-electron chi connectivity index (χ1n) is 5.38. The zero-order valence-electron chi connectivity index (χ0n) is 10.1. The van der Waals surface area contributed by atoms with E-state index in [1.54, 1.807) is 18.4 Å².